The summed E-state index contributed by atoms with van der Waals surface area (Å²) >= 11 is 0. The van der Waals surface area contributed by atoms with Gasteiger partial charge in [-0.3, -0.25) is 4.79 Å². The molecule has 0 aliphatic heterocycles. The van der Waals surface area contributed by atoms with Crippen LogP contribution in [0.25, 0.3) is 6.08 Å². The number of carbonyl (C=O) groups is 1. The lowest BCUT2D eigenvalue weighted by Gasteiger charge is -2.55. The van der Waals surface area contributed by atoms with E-state index in [1.807, 2.05) is 30.3 Å². The first kappa shape index (κ1) is 18.7. The van der Waals surface area contributed by atoms with Crippen molar-refractivity contribution in [3.8, 4) is 5.75 Å². The number of ether oxygens (including phenoxy) is 1. The highest BCUT2D eigenvalue weighted by Gasteiger charge is 2.53. The molecule has 3 heteroatoms. The Bertz CT molecular complexity index is 867. The van der Waals surface area contributed by atoms with Crippen LogP contribution < -0.4 is 4.74 Å². The van der Waals surface area contributed by atoms with Gasteiger partial charge in [0.1, 0.15) is 23.9 Å². The summed E-state index contributed by atoms with van der Waals surface area (Å²) in [6, 6.07) is 12.0. The normalized spacial score (nSPS) is 30.2. The highest BCUT2D eigenvalue weighted by molar-refractivity contribution is 5.98. The van der Waals surface area contributed by atoms with Gasteiger partial charge in [0.2, 0.25) is 0 Å². The predicted molar refractivity (Wildman–Crippen MR) is 114 cm³/mol. The fourth-order valence-electron chi connectivity index (χ4n) is 6.28. The van der Waals surface area contributed by atoms with E-state index in [9.17, 15) is 4.79 Å². The van der Waals surface area contributed by atoms with Crippen molar-refractivity contribution >= 4 is 11.9 Å². The lowest BCUT2D eigenvalue weighted by molar-refractivity contribution is -0.138. The zero-order valence-corrected chi connectivity index (χ0v) is 17.2. The number of carbonyl (C=O) groups excluding carboxylic acids is 1. The monoisotopic (exact) mass is 390 g/mol. The fourth-order valence-corrected chi connectivity index (χ4v) is 6.28. The van der Waals surface area contributed by atoms with Crippen molar-refractivity contribution in [2.24, 2.45) is 23.2 Å². The van der Waals surface area contributed by atoms with Gasteiger partial charge in [-0.15, -0.1) is 0 Å². The van der Waals surface area contributed by atoms with Gasteiger partial charge < -0.3 is 9.15 Å². The zero-order valence-electron chi connectivity index (χ0n) is 17.2. The molecule has 0 atom stereocenters. The molecule has 0 amide bonds. The second kappa shape index (κ2) is 7.51. The van der Waals surface area contributed by atoms with Gasteiger partial charge in [0.25, 0.3) is 0 Å². The van der Waals surface area contributed by atoms with Crippen LogP contribution in [0, 0.1) is 23.2 Å². The quantitative estimate of drug-likeness (QED) is 0.527. The second-order valence-electron chi connectivity index (χ2n) is 9.49. The van der Waals surface area contributed by atoms with E-state index >= 15 is 0 Å². The molecule has 2 aromatic rings. The van der Waals surface area contributed by atoms with Crippen LogP contribution in [0.2, 0.25) is 0 Å². The maximum Gasteiger partial charge on any atom is 0.161 e. The number of hydrogen-bond donors (Lipinski definition) is 0. The van der Waals surface area contributed by atoms with E-state index in [2.05, 4.69) is 19.1 Å². The van der Waals surface area contributed by atoms with Crippen molar-refractivity contribution in [1.82, 2.24) is 0 Å². The molecule has 152 valence electrons. The Balaban J connectivity index is 1.20. The van der Waals surface area contributed by atoms with Crippen molar-refractivity contribution in [1.29, 1.82) is 0 Å². The summed E-state index contributed by atoms with van der Waals surface area (Å²) in [6.45, 7) is 2.53. The Morgan fingerprint density at radius 1 is 1.03 bits per heavy atom. The Labute approximate surface area is 173 Å². The average Bonchev–Trinajstić information content (AvgIpc) is 3.18. The molecule has 3 nitrogen and oxygen atoms in total. The number of ketones is 1. The van der Waals surface area contributed by atoms with Crippen LogP contribution in [0.1, 0.15) is 62.5 Å². The Morgan fingerprint density at radius 2 is 1.69 bits per heavy atom. The lowest BCUT2D eigenvalue weighted by Crippen LogP contribution is -2.49. The molecule has 0 unspecified atom stereocenters. The smallest absolute Gasteiger partial charge is 0.161 e. The summed E-state index contributed by atoms with van der Waals surface area (Å²) in [7, 11) is 0. The van der Waals surface area contributed by atoms with Crippen molar-refractivity contribution in [3.05, 3.63) is 59.6 Å². The third-order valence-corrected chi connectivity index (χ3v) is 7.36. The number of aryl methyl sites for hydroxylation is 1. The van der Waals surface area contributed by atoms with Crippen molar-refractivity contribution < 1.29 is 13.9 Å². The average molecular weight is 391 g/mol. The third kappa shape index (κ3) is 3.80. The maximum atomic E-state index is 13.1. The molecule has 4 fully saturated rings. The van der Waals surface area contributed by atoms with Gasteiger partial charge in [-0.05, 0) is 105 Å². The van der Waals surface area contributed by atoms with Crippen LogP contribution in [0.15, 0.2) is 46.9 Å². The highest BCUT2D eigenvalue weighted by atomic mass is 16.5. The first-order valence-corrected chi connectivity index (χ1v) is 11.1. The van der Waals surface area contributed by atoms with Crippen molar-refractivity contribution in [2.45, 2.75) is 58.5 Å². The molecule has 4 bridgehead atoms. The largest absolute Gasteiger partial charge is 0.486 e. The summed E-state index contributed by atoms with van der Waals surface area (Å²) in [6.07, 6.45) is 12.1. The second-order valence-corrected chi connectivity index (χ2v) is 9.49. The molecule has 1 heterocycles. The van der Waals surface area contributed by atoms with E-state index in [1.165, 1.54) is 24.8 Å². The zero-order chi connectivity index (χ0) is 19.8. The molecule has 4 aliphatic rings. The van der Waals surface area contributed by atoms with Gasteiger partial charge in [0, 0.05) is 5.41 Å². The van der Waals surface area contributed by atoms with Gasteiger partial charge in [-0.1, -0.05) is 19.1 Å². The number of benzene rings is 1. The topological polar surface area (TPSA) is 39.4 Å². The van der Waals surface area contributed by atoms with E-state index in [-0.39, 0.29) is 5.41 Å². The fraction of sp³-hybridized carbons (Fsp3) is 0.500. The van der Waals surface area contributed by atoms with Crippen LogP contribution in [-0.2, 0) is 17.8 Å². The molecule has 0 spiro atoms. The lowest BCUT2D eigenvalue weighted by atomic mass is 9.48. The standard InChI is InChI=1S/C26H30O3/c1-2-18-3-5-22(6-4-18)28-17-24-8-7-23(29-24)9-10-25(27)26-14-19-11-20(15-26)13-21(12-19)16-26/h3-10,19-21H,2,11-17H2,1H3/b10-9+. The van der Waals surface area contributed by atoms with E-state index in [0.717, 1.165) is 60.7 Å². The molecule has 0 radical (unpaired) electrons. The third-order valence-electron chi connectivity index (χ3n) is 7.36. The van der Waals surface area contributed by atoms with Crippen LogP contribution in [-0.4, -0.2) is 5.78 Å². The first-order chi connectivity index (χ1) is 14.1. The summed E-state index contributed by atoms with van der Waals surface area (Å²) in [4.78, 5) is 13.1. The molecular weight excluding hydrogens is 360 g/mol. The number of rotatable bonds is 7. The van der Waals surface area contributed by atoms with Crippen molar-refractivity contribution in [3.63, 3.8) is 0 Å². The molecule has 6 rings (SSSR count). The van der Waals surface area contributed by atoms with E-state index in [4.69, 9.17) is 9.15 Å². The Hall–Kier alpha value is -2.29. The molecule has 29 heavy (non-hydrogen) atoms. The van der Waals surface area contributed by atoms with Gasteiger partial charge in [-0.2, -0.15) is 0 Å². The summed E-state index contributed by atoms with van der Waals surface area (Å²) < 4.78 is 11.7. The molecule has 0 N–H and O–H groups in total. The van der Waals surface area contributed by atoms with Gasteiger partial charge in [0.15, 0.2) is 5.78 Å². The number of furan rings is 1. The minimum atomic E-state index is -0.0750. The van der Waals surface area contributed by atoms with Gasteiger partial charge in [0.05, 0.1) is 0 Å². The van der Waals surface area contributed by atoms with Crippen LogP contribution in [0.3, 0.4) is 0 Å². The van der Waals surface area contributed by atoms with Crippen molar-refractivity contribution in [2.75, 3.05) is 0 Å². The minimum Gasteiger partial charge on any atom is -0.486 e. The molecule has 1 aromatic carbocycles. The Kier molecular flexibility index (Phi) is 4.85. The van der Waals surface area contributed by atoms with Gasteiger partial charge >= 0.3 is 0 Å². The van der Waals surface area contributed by atoms with Crippen LogP contribution >= 0.6 is 0 Å². The van der Waals surface area contributed by atoms with E-state index < -0.39 is 0 Å². The summed E-state index contributed by atoms with van der Waals surface area (Å²) in [5.74, 6) is 5.02. The predicted octanol–water partition coefficient (Wildman–Crippen LogP) is 6.22. The maximum absolute atomic E-state index is 13.1. The highest BCUT2D eigenvalue weighted by Crippen LogP contribution is 2.60. The molecule has 4 saturated carbocycles. The Morgan fingerprint density at radius 3 is 2.31 bits per heavy atom. The van der Waals surface area contributed by atoms with E-state index in [0.29, 0.717) is 12.4 Å². The molecular formula is C26H30O3. The van der Waals surface area contributed by atoms with E-state index in [1.54, 1.807) is 6.08 Å². The molecule has 4 aliphatic carbocycles. The summed E-state index contributed by atoms with van der Waals surface area (Å²) in [5, 5.41) is 0. The number of hydrogen-bond acceptors (Lipinski definition) is 3. The van der Waals surface area contributed by atoms with Gasteiger partial charge in [-0.25, -0.2) is 0 Å². The summed E-state index contributed by atoms with van der Waals surface area (Å²) in [5.41, 5.74) is 1.22. The SMILES string of the molecule is CCc1ccc(OCc2ccc(/C=C/C(=O)C34CC5CC(CC(C5)C3)C4)o2)cc1. The molecule has 0 saturated heterocycles. The van der Waals surface area contributed by atoms with Crippen LogP contribution in [0.5, 0.6) is 5.75 Å². The molecule has 1 aromatic heterocycles. The number of allylic oxidation sites excluding steroid dienone is 1. The van der Waals surface area contributed by atoms with Crippen LogP contribution in [0.4, 0.5) is 0 Å². The first-order valence-electron chi connectivity index (χ1n) is 11.1. The minimum absolute atomic E-state index is 0.0750.